The molecule has 0 bridgehead atoms. The third-order valence-corrected chi connectivity index (χ3v) is 16.9. The summed E-state index contributed by atoms with van der Waals surface area (Å²) in [5, 5.41) is 10.5. The first-order valence-electron chi connectivity index (χ1n) is 34.1. The van der Waals surface area contributed by atoms with Crippen molar-refractivity contribution < 1.29 is 80.2 Å². The minimum Gasteiger partial charge on any atom is -0.462 e. The topological polar surface area (TPSA) is 237 Å². The second-order valence-electron chi connectivity index (χ2n) is 24.0. The normalized spacial score (nSPS) is 14.2. The van der Waals surface area contributed by atoms with Gasteiger partial charge in [0.25, 0.3) is 0 Å². The van der Waals surface area contributed by atoms with Crippen LogP contribution in [0.5, 0.6) is 0 Å². The number of unbranched alkanes of at least 4 members (excludes halogenated alkanes) is 37. The molecule has 0 aliphatic carbocycles. The smallest absolute Gasteiger partial charge is 0.462 e. The lowest BCUT2D eigenvalue weighted by molar-refractivity contribution is -0.161. The fraction of sp³-hybridized carbons (Fsp3) is 0.938. The molecule has 0 aromatic carbocycles. The van der Waals surface area contributed by atoms with Crippen LogP contribution >= 0.6 is 15.6 Å². The van der Waals surface area contributed by atoms with Gasteiger partial charge in [-0.3, -0.25) is 37.3 Å². The molecule has 0 radical (unpaired) electrons. The van der Waals surface area contributed by atoms with E-state index >= 15 is 0 Å². The number of esters is 4. The molecule has 0 amide bonds. The van der Waals surface area contributed by atoms with Gasteiger partial charge >= 0.3 is 39.5 Å². The van der Waals surface area contributed by atoms with Crippen LogP contribution in [0.2, 0.25) is 0 Å². The van der Waals surface area contributed by atoms with Crippen molar-refractivity contribution in [2.45, 2.75) is 348 Å². The number of carbonyl (C=O) groups excluding carboxylic acids is 4. The van der Waals surface area contributed by atoms with Gasteiger partial charge in [0.1, 0.15) is 19.3 Å². The summed E-state index contributed by atoms with van der Waals surface area (Å²) in [4.78, 5) is 72.1. The van der Waals surface area contributed by atoms with E-state index < -0.39 is 97.5 Å². The number of aliphatic hydroxyl groups is 1. The predicted octanol–water partition coefficient (Wildman–Crippen LogP) is 18.2. The second kappa shape index (κ2) is 58.7. The number of rotatable bonds is 65. The molecular formula is C65H126O17P2. The Hall–Kier alpha value is -1.94. The molecule has 0 aromatic heterocycles. The van der Waals surface area contributed by atoms with Crippen molar-refractivity contribution in [2.24, 2.45) is 5.92 Å². The van der Waals surface area contributed by atoms with Gasteiger partial charge in [0.15, 0.2) is 12.2 Å². The molecule has 0 spiro atoms. The number of phosphoric acid groups is 2. The molecule has 0 saturated heterocycles. The van der Waals surface area contributed by atoms with Crippen molar-refractivity contribution in [1.82, 2.24) is 0 Å². The van der Waals surface area contributed by atoms with E-state index in [1.807, 2.05) is 0 Å². The van der Waals surface area contributed by atoms with E-state index in [-0.39, 0.29) is 25.7 Å². The number of hydrogen-bond donors (Lipinski definition) is 3. The van der Waals surface area contributed by atoms with E-state index in [9.17, 15) is 43.2 Å². The van der Waals surface area contributed by atoms with Crippen LogP contribution in [0.3, 0.4) is 0 Å². The van der Waals surface area contributed by atoms with Gasteiger partial charge in [0.05, 0.1) is 26.4 Å². The maximum atomic E-state index is 13.0. The Bertz CT molecular complexity index is 1640. The van der Waals surface area contributed by atoms with Gasteiger partial charge in [-0.2, -0.15) is 0 Å². The van der Waals surface area contributed by atoms with Crippen LogP contribution in [-0.2, 0) is 65.4 Å². The minimum atomic E-state index is -4.94. The standard InChI is InChI=1S/C65H126O17P2/c1-6-9-12-15-18-21-26-30-35-39-44-49-63(68)76-55-61(82-65(70)51-46-41-36-31-28-25-23-22-24-27-29-32-37-42-47-58(4)5)57-80-84(73,74)78-53-59(66)52-77-83(71,72)79-56-60(81-64(69)50-45-40-34-20-17-14-11-8-3)54-75-62(67)48-43-38-33-19-16-13-10-7-2/h58-61,66H,6-57H2,1-5H3,(H,71,72)(H,73,74)/t59-,60+,61+/m0/s1. The van der Waals surface area contributed by atoms with E-state index in [1.165, 1.54) is 141 Å². The molecule has 0 saturated carbocycles. The Labute approximate surface area is 511 Å². The first-order chi connectivity index (χ1) is 40.5. The summed E-state index contributed by atoms with van der Waals surface area (Å²) in [6.07, 6.45) is 43.1. The Morgan fingerprint density at radius 3 is 0.810 bits per heavy atom. The molecule has 3 N–H and O–H groups in total. The zero-order valence-corrected chi connectivity index (χ0v) is 55.8. The molecular weight excluding hydrogens is 1110 g/mol. The zero-order chi connectivity index (χ0) is 62.0. The summed E-state index contributed by atoms with van der Waals surface area (Å²) in [6.45, 7) is 7.17. The maximum absolute atomic E-state index is 13.0. The fourth-order valence-corrected chi connectivity index (χ4v) is 11.3. The molecule has 5 atom stereocenters. The molecule has 84 heavy (non-hydrogen) atoms. The van der Waals surface area contributed by atoms with Crippen molar-refractivity contribution >= 4 is 39.5 Å². The molecule has 0 aromatic rings. The maximum Gasteiger partial charge on any atom is 0.472 e. The van der Waals surface area contributed by atoms with E-state index in [0.717, 1.165) is 109 Å². The van der Waals surface area contributed by atoms with Gasteiger partial charge < -0.3 is 33.8 Å². The first kappa shape index (κ1) is 82.1. The summed E-state index contributed by atoms with van der Waals surface area (Å²) in [5.74, 6) is -1.34. The lowest BCUT2D eigenvalue weighted by atomic mass is 10.0. The Balaban J connectivity index is 5.18. The minimum absolute atomic E-state index is 0.105. The zero-order valence-electron chi connectivity index (χ0n) is 54.0. The van der Waals surface area contributed by atoms with Gasteiger partial charge in [-0.25, -0.2) is 9.13 Å². The fourth-order valence-electron chi connectivity index (χ4n) is 9.76. The number of ether oxygens (including phenoxy) is 4. The Morgan fingerprint density at radius 2 is 0.548 bits per heavy atom. The molecule has 0 rings (SSSR count). The molecule has 17 nitrogen and oxygen atoms in total. The third-order valence-electron chi connectivity index (χ3n) is 15.0. The van der Waals surface area contributed by atoms with Gasteiger partial charge in [-0.15, -0.1) is 0 Å². The van der Waals surface area contributed by atoms with Crippen molar-refractivity contribution in [3.8, 4) is 0 Å². The van der Waals surface area contributed by atoms with E-state index in [0.29, 0.717) is 25.7 Å². The molecule has 0 aliphatic heterocycles. The number of phosphoric ester groups is 2. The Kier molecular flexibility index (Phi) is 57.4. The summed E-state index contributed by atoms with van der Waals surface area (Å²) in [5.41, 5.74) is 0. The lowest BCUT2D eigenvalue weighted by Gasteiger charge is -2.21. The van der Waals surface area contributed by atoms with Crippen molar-refractivity contribution in [1.29, 1.82) is 0 Å². The second-order valence-corrected chi connectivity index (χ2v) is 26.9. The highest BCUT2D eigenvalue weighted by Gasteiger charge is 2.30. The van der Waals surface area contributed by atoms with Gasteiger partial charge in [0, 0.05) is 25.7 Å². The van der Waals surface area contributed by atoms with E-state index in [4.69, 9.17) is 37.0 Å². The summed E-state index contributed by atoms with van der Waals surface area (Å²) < 4.78 is 67.9. The van der Waals surface area contributed by atoms with Crippen LogP contribution in [-0.4, -0.2) is 96.7 Å². The van der Waals surface area contributed by atoms with Gasteiger partial charge in [0.2, 0.25) is 0 Å². The molecule has 19 heteroatoms. The molecule has 0 fully saturated rings. The summed E-state index contributed by atoms with van der Waals surface area (Å²) in [6, 6.07) is 0. The highest BCUT2D eigenvalue weighted by atomic mass is 31.2. The van der Waals surface area contributed by atoms with Crippen molar-refractivity contribution in [3.05, 3.63) is 0 Å². The van der Waals surface area contributed by atoms with Crippen LogP contribution in [0.25, 0.3) is 0 Å². The van der Waals surface area contributed by atoms with Crippen LogP contribution in [0, 0.1) is 5.92 Å². The molecule has 0 heterocycles. The highest BCUT2D eigenvalue weighted by molar-refractivity contribution is 7.47. The van der Waals surface area contributed by atoms with E-state index in [1.54, 1.807) is 0 Å². The predicted molar refractivity (Wildman–Crippen MR) is 335 cm³/mol. The number of aliphatic hydroxyl groups excluding tert-OH is 1. The van der Waals surface area contributed by atoms with Crippen molar-refractivity contribution in [2.75, 3.05) is 39.6 Å². The SMILES string of the molecule is CCCCCCCCCCCCCC(=O)OC[C@H](COP(=O)(O)OC[C@@H](O)COP(=O)(O)OC[C@@H](COC(=O)CCCCCCCCCC)OC(=O)CCCCCCCCCC)OC(=O)CCCCCCCCCCCCCCCCC(C)C. The average molecular weight is 1240 g/mol. The van der Waals surface area contributed by atoms with Crippen LogP contribution in [0.1, 0.15) is 330 Å². The van der Waals surface area contributed by atoms with Crippen LogP contribution < -0.4 is 0 Å². The van der Waals surface area contributed by atoms with Crippen molar-refractivity contribution in [3.63, 3.8) is 0 Å². The number of carbonyl (C=O) groups is 4. The monoisotopic (exact) mass is 1240 g/mol. The van der Waals surface area contributed by atoms with Gasteiger partial charge in [-0.1, -0.05) is 279 Å². The number of hydrogen-bond acceptors (Lipinski definition) is 15. The van der Waals surface area contributed by atoms with E-state index in [2.05, 4.69) is 34.6 Å². The highest BCUT2D eigenvalue weighted by Crippen LogP contribution is 2.45. The Morgan fingerprint density at radius 1 is 0.321 bits per heavy atom. The summed E-state index contributed by atoms with van der Waals surface area (Å²) in [7, 11) is -9.88. The lowest BCUT2D eigenvalue weighted by Crippen LogP contribution is -2.30. The largest absolute Gasteiger partial charge is 0.472 e. The molecule has 0 aliphatic rings. The summed E-state index contributed by atoms with van der Waals surface area (Å²) >= 11 is 0. The van der Waals surface area contributed by atoms with Gasteiger partial charge in [-0.05, 0) is 31.6 Å². The molecule has 498 valence electrons. The molecule has 2 unspecified atom stereocenters. The van der Waals surface area contributed by atoms with Crippen LogP contribution in [0.4, 0.5) is 0 Å². The third kappa shape index (κ3) is 59.0. The van der Waals surface area contributed by atoms with Crippen LogP contribution in [0.15, 0.2) is 0 Å². The first-order valence-corrected chi connectivity index (χ1v) is 37.1. The average Bonchev–Trinajstić information content (AvgIpc) is 3.49. The quantitative estimate of drug-likeness (QED) is 0.0222.